The van der Waals surface area contributed by atoms with Crippen molar-refractivity contribution in [3.8, 4) is 11.1 Å². The van der Waals surface area contributed by atoms with Gasteiger partial charge in [-0.1, -0.05) is 6.07 Å². The summed E-state index contributed by atoms with van der Waals surface area (Å²) in [5, 5.41) is 2.46. The molecular formula is C24H19F6N3O3S. The molecule has 0 aliphatic carbocycles. The number of pyridine rings is 1. The third-order valence-corrected chi connectivity index (χ3v) is 7.63. The molecule has 2 heterocycles. The lowest BCUT2D eigenvalue weighted by Gasteiger charge is -2.23. The summed E-state index contributed by atoms with van der Waals surface area (Å²) in [6.07, 6.45) is -5.71. The first-order valence-corrected chi connectivity index (χ1v) is 12.3. The van der Waals surface area contributed by atoms with Gasteiger partial charge >= 0.3 is 6.18 Å². The van der Waals surface area contributed by atoms with Gasteiger partial charge in [0.1, 0.15) is 29.5 Å². The molecule has 4 rings (SSSR count). The number of rotatable bonds is 6. The lowest BCUT2D eigenvalue weighted by atomic mass is 10.0. The average Bonchev–Trinajstić information content (AvgIpc) is 3.25. The summed E-state index contributed by atoms with van der Waals surface area (Å²) in [5.74, 6) is -2.22. The minimum absolute atomic E-state index is 0.202. The second-order valence-electron chi connectivity index (χ2n) is 8.37. The van der Waals surface area contributed by atoms with E-state index in [4.69, 9.17) is 0 Å². The van der Waals surface area contributed by atoms with E-state index in [9.17, 15) is 39.6 Å². The van der Waals surface area contributed by atoms with Crippen LogP contribution in [0.15, 0.2) is 65.7 Å². The first kappa shape index (κ1) is 26.6. The van der Waals surface area contributed by atoms with Gasteiger partial charge in [0.05, 0.1) is 4.90 Å². The monoisotopic (exact) mass is 543 g/mol. The minimum atomic E-state index is -4.63. The Morgan fingerprint density at radius 3 is 2.32 bits per heavy atom. The van der Waals surface area contributed by atoms with E-state index in [1.54, 1.807) is 0 Å². The van der Waals surface area contributed by atoms with Crippen molar-refractivity contribution in [1.82, 2.24) is 14.6 Å². The van der Waals surface area contributed by atoms with Crippen LogP contribution >= 0.6 is 0 Å². The Kier molecular flexibility index (Phi) is 7.29. The van der Waals surface area contributed by atoms with Gasteiger partial charge in [-0.25, -0.2) is 21.6 Å². The highest BCUT2D eigenvalue weighted by atomic mass is 32.2. The van der Waals surface area contributed by atoms with Crippen molar-refractivity contribution in [2.75, 3.05) is 6.54 Å². The summed E-state index contributed by atoms with van der Waals surface area (Å²) in [7, 11) is -4.31. The third-order valence-electron chi connectivity index (χ3n) is 5.74. The van der Waals surface area contributed by atoms with E-state index in [-0.39, 0.29) is 28.1 Å². The average molecular weight is 543 g/mol. The lowest BCUT2D eigenvalue weighted by molar-refractivity contribution is -0.141. The number of aromatic nitrogens is 1. The number of alkyl halides is 4. The first-order chi connectivity index (χ1) is 17.3. The van der Waals surface area contributed by atoms with Crippen molar-refractivity contribution >= 4 is 15.9 Å². The second kappa shape index (κ2) is 10.1. The number of nitrogens with one attached hydrogen (secondary N) is 1. The number of nitrogens with zero attached hydrogens (tertiary/aromatic N) is 2. The minimum Gasteiger partial charge on any atom is -0.351 e. The fourth-order valence-corrected chi connectivity index (χ4v) is 5.59. The van der Waals surface area contributed by atoms with Crippen molar-refractivity contribution in [2.24, 2.45) is 0 Å². The van der Waals surface area contributed by atoms with Crippen LogP contribution in [0.2, 0.25) is 0 Å². The van der Waals surface area contributed by atoms with Gasteiger partial charge in [-0.05, 0) is 59.7 Å². The van der Waals surface area contributed by atoms with E-state index in [2.05, 4.69) is 10.3 Å². The zero-order valence-corrected chi connectivity index (χ0v) is 19.7. The highest BCUT2D eigenvalue weighted by molar-refractivity contribution is 7.89. The summed E-state index contributed by atoms with van der Waals surface area (Å²) in [4.78, 5) is 15.9. The molecule has 2 atom stereocenters. The smallest absolute Gasteiger partial charge is 0.351 e. The van der Waals surface area contributed by atoms with E-state index >= 15 is 0 Å². The zero-order chi connectivity index (χ0) is 27.0. The van der Waals surface area contributed by atoms with Gasteiger partial charge in [0, 0.05) is 31.3 Å². The molecule has 196 valence electrons. The Hall–Kier alpha value is -3.45. The van der Waals surface area contributed by atoms with Gasteiger partial charge in [-0.15, -0.1) is 0 Å². The van der Waals surface area contributed by atoms with Crippen LogP contribution in [0.1, 0.15) is 17.7 Å². The van der Waals surface area contributed by atoms with Crippen molar-refractivity contribution in [3.63, 3.8) is 0 Å². The van der Waals surface area contributed by atoms with Gasteiger partial charge in [0.15, 0.2) is 0 Å². The van der Waals surface area contributed by atoms with Gasteiger partial charge < -0.3 is 5.32 Å². The summed E-state index contributed by atoms with van der Waals surface area (Å²) in [6, 6.07) is 7.96. The summed E-state index contributed by atoms with van der Waals surface area (Å²) in [6.45, 7) is -0.835. The maximum Gasteiger partial charge on any atom is 0.433 e. The Balaban J connectivity index is 1.50. The molecule has 37 heavy (non-hydrogen) atoms. The number of carbonyl (C=O) groups is 1. The van der Waals surface area contributed by atoms with Crippen LogP contribution in [0.3, 0.4) is 0 Å². The predicted octanol–water partition coefficient (Wildman–Crippen LogP) is 4.46. The Morgan fingerprint density at radius 2 is 1.70 bits per heavy atom. The molecule has 2 aromatic carbocycles. The van der Waals surface area contributed by atoms with E-state index in [1.165, 1.54) is 6.07 Å². The maximum atomic E-state index is 14.2. The lowest BCUT2D eigenvalue weighted by Crippen LogP contribution is -2.45. The number of hydrogen-bond acceptors (Lipinski definition) is 4. The number of benzene rings is 2. The van der Waals surface area contributed by atoms with Gasteiger partial charge in [0.2, 0.25) is 15.9 Å². The van der Waals surface area contributed by atoms with Crippen LogP contribution in [0, 0.1) is 11.6 Å². The standard InChI is InChI=1S/C24H19F6N3O3S/c25-17-2-4-20(5-3-17)37(35,36)33-13-19(27)10-21(33)23(34)32-11-14-7-16(9-18(26)8-14)15-1-6-22(31-12-15)24(28,29)30/h1-9,12,19,21H,10-11,13H2,(H,32,34)/t19-,21+/m1/s1. The number of carbonyl (C=O) groups excluding carboxylic acids is 1. The van der Waals surface area contributed by atoms with Crippen LogP contribution in [-0.2, 0) is 27.5 Å². The van der Waals surface area contributed by atoms with Crippen LogP contribution in [0.5, 0.6) is 0 Å². The van der Waals surface area contributed by atoms with Crippen molar-refractivity contribution < 1.29 is 39.6 Å². The maximum absolute atomic E-state index is 14.2. The number of halogens is 6. The molecule has 0 radical (unpaired) electrons. The molecule has 1 fully saturated rings. The number of hydrogen-bond donors (Lipinski definition) is 1. The molecule has 0 bridgehead atoms. The zero-order valence-electron chi connectivity index (χ0n) is 18.8. The third kappa shape index (κ3) is 5.93. The molecule has 6 nitrogen and oxygen atoms in total. The van der Waals surface area contributed by atoms with Crippen molar-refractivity contribution in [3.05, 3.63) is 83.7 Å². The second-order valence-corrected chi connectivity index (χ2v) is 10.3. The Morgan fingerprint density at radius 1 is 1.00 bits per heavy atom. The predicted molar refractivity (Wildman–Crippen MR) is 120 cm³/mol. The summed E-state index contributed by atoms with van der Waals surface area (Å²) in [5.41, 5.74) is -0.475. The molecule has 13 heteroatoms. The number of sulfonamides is 1. The largest absolute Gasteiger partial charge is 0.433 e. The van der Waals surface area contributed by atoms with Gasteiger partial charge in [0.25, 0.3) is 0 Å². The van der Waals surface area contributed by atoms with E-state index in [0.717, 1.165) is 54.7 Å². The Labute approximate surface area is 208 Å². The van der Waals surface area contributed by atoms with E-state index in [0.29, 0.717) is 4.31 Å². The highest BCUT2D eigenvalue weighted by Crippen LogP contribution is 2.30. The molecule has 1 aromatic heterocycles. The molecule has 1 aliphatic heterocycles. The summed E-state index contributed by atoms with van der Waals surface area (Å²) >= 11 is 0. The van der Waals surface area contributed by atoms with Crippen LogP contribution in [0.25, 0.3) is 11.1 Å². The fourth-order valence-electron chi connectivity index (χ4n) is 3.96. The molecule has 3 aromatic rings. The van der Waals surface area contributed by atoms with Crippen molar-refractivity contribution in [2.45, 2.75) is 36.3 Å². The molecule has 1 saturated heterocycles. The summed E-state index contributed by atoms with van der Waals surface area (Å²) < 4.78 is 106. The quantitative estimate of drug-likeness (QED) is 0.466. The molecule has 1 N–H and O–H groups in total. The van der Waals surface area contributed by atoms with Crippen LogP contribution in [0.4, 0.5) is 26.3 Å². The SMILES string of the molecule is O=C(NCc1cc(F)cc(-c2ccc(C(F)(F)F)nc2)c1)[C@@H]1C[C@@H](F)CN1S(=O)(=O)c1ccc(F)cc1. The molecule has 1 amide bonds. The normalized spacial score (nSPS) is 18.6. The molecule has 0 saturated carbocycles. The Bertz CT molecular complexity index is 1400. The topological polar surface area (TPSA) is 79.4 Å². The van der Waals surface area contributed by atoms with E-state index in [1.807, 2.05) is 0 Å². The molecular weight excluding hydrogens is 524 g/mol. The van der Waals surface area contributed by atoms with Gasteiger partial charge in [-0.2, -0.15) is 17.5 Å². The van der Waals surface area contributed by atoms with Crippen molar-refractivity contribution in [1.29, 1.82) is 0 Å². The van der Waals surface area contributed by atoms with Crippen LogP contribution in [-0.4, -0.2) is 42.4 Å². The molecule has 1 aliphatic rings. The fraction of sp³-hybridized carbons (Fsp3) is 0.250. The van der Waals surface area contributed by atoms with Crippen LogP contribution < -0.4 is 5.32 Å². The molecule has 0 unspecified atom stereocenters. The first-order valence-electron chi connectivity index (χ1n) is 10.9. The van der Waals surface area contributed by atoms with E-state index < -0.39 is 64.6 Å². The highest BCUT2D eigenvalue weighted by Gasteiger charge is 2.44. The number of amides is 1. The van der Waals surface area contributed by atoms with Gasteiger partial charge in [-0.3, -0.25) is 9.78 Å². The molecule has 0 spiro atoms.